The number of ether oxygens (including phenoxy) is 1. The van der Waals surface area contributed by atoms with E-state index >= 15 is 0 Å². The normalized spacial score (nSPS) is 11.0. The molecule has 102 valence electrons. The maximum Gasteiger partial charge on any atom is 0.324 e. The van der Waals surface area contributed by atoms with Gasteiger partial charge in [-0.25, -0.2) is 4.39 Å². The number of nitrogens with zero attached hydrogens (tertiary/aromatic N) is 2. The molecule has 0 bridgehead atoms. The fraction of sp³-hybridized carbons (Fsp3) is 0.0769. The van der Waals surface area contributed by atoms with Gasteiger partial charge in [-0.15, -0.1) is 0 Å². The zero-order valence-corrected chi connectivity index (χ0v) is 11.8. The number of aromatic nitrogens is 3. The Kier molecular flexibility index (Phi) is 3.23. The van der Waals surface area contributed by atoms with Crippen LogP contribution >= 0.6 is 23.2 Å². The number of H-pyrrole nitrogens is 1. The van der Waals surface area contributed by atoms with E-state index in [1.54, 1.807) is 12.1 Å². The van der Waals surface area contributed by atoms with Crippen molar-refractivity contribution in [3.05, 3.63) is 46.1 Å². The molecule has 0 aliphatic heterocycles. The van der Waals surface area contributed by atoms with E-state index in [0.717, 1.165) is 5.69 Å². The number of aryl methyl sites for hydroxylation is 1. The molecule has 0 unspecified atom stereocenters. The summed E-state index contributed by atoms with van der Waals surface area (Å²) in [4.78, 5) is 10.7. The Hall–Kier alpha value is -1.85. The Morgan fingerprint density at radius 2 is 1.85 bits per heavy atom. The molecule has 0 radical (unpaired) electrons. The molecule has 0 aliphatic rings. The van der Waals surface area contributed by atoms with Crippen LogP contribution in [0.2, 0.25) is 10.3 Å². The second kappa shape index (κ2) is 4.92. The van der Waals surface area contributed by atoms with E-state index in [1.165, 1.54) is 12.1 Å². The lowest BCUT2D eigenvalue weighted by Crippen LogP contribution is -1.94. The summed E-state index contributed by atoms with van der Waals surface area (Å²) in [5.74, 6) is -0.485. The molecule has 2 aromatic heterocycles. The molecule has 0 spiro atoms. The second-order valence-corrected chi connectivity index (χ2v) is 4.96. The number of nitrogens with one attached hydrogen (secondary N) is 1. The lowest BCUT2D eigenvalue weighted by molar-refractivity contribution is 0.414. The SMILES string of the molecule is Cc1cc2c(F)c(Oc3nc(Cl)cc(Cl)n3)ccc2[nH]1. The largest absolute Gasteiger partial charge is 0.421 e. The quantitative estimate of drug-likeness (QED) is 0.709. The first kappa shape index (κ1) is 13.1. The van der Waals surface area contributed by atoms with Crippen LogP contribution in [-0.2, 0) is 0 Å². The zero-order chi connectivity index (χ0) is 14.3. The molecule has 3 rings (SSSR count). The molecule has 3 aromatic rings. The van der Waals surface area contributed by atoms with Gasteiger partial charge in [-0.2, -0.15) is 9.97 Å². The Bertz CT molecular complexity index is 783. The molecular formula is C13H8Cl2FN3O. The summed E-state index contributed by atoms with van der Waals surface area (Å²) in [6.07, 6.45) is 0. The van der Waals surface area contributed by atoms with Gasteiger partial charge in [0.1, 0.15) is 10.3 Å². The van der Waals surface area contributed by atoms with Crippen molar-refractivity contribution in [2.45, 2.75) is 6.92 Å². The van der Waals surface area contributed by atoms with Crippen LogP contribution in [0.3, 0.4) is 0 Å². The highest BCUT2D eigenvalue weighted by atomic mass is 35.5. The van der Waals surface area contributed by atoms with Gasteiger partial charge in [0.25, 0.3) is 0 Å². The molecule has 0 amide bonds. The summed E-state index contributed by atoms with van der Waals surface area (Å²) in [5.41, 5.74) is 1.55. The van der Waals surface area contributed by atoms with Crippen molar-refractivity contribution in [1.29, 1.82) is 0 Å². The Labute approximate surface area is 123 Å². The van der Waals surface area contributed by atoms with Crippen LogP contribution in [0.25, 0.3) is 10.9 Å². The zero-order valence-electron chi connectivity index (χ0n) is 10.2. The predicted octanol–water partition coefficient (Wildman–Crippen LogP) is 4.50. The third-order valence-electron chi connectivity index (χ3n) is 2.68. The van der Waals surface area contributed by atoms with Gasteiger partial charge in [-0.05, 0) is 25.1 Å². The van der Waals surface area contributed by atoms with E-state index < -0.39 is 5.82 Å². The van der Waals surface area contributed by atoms with Crippen LogP contribution in [0, 0.1) is 12.7 Å². The molecule has 0 fully saturated rings. The third-order valence-corrected chi connectivity index (χ3v) is 3.07. The molecule has 1 N–H and O–H groups in total. The monoisotopic (exact) mass is 311 g/mol. The minimum atomic E-state index is -0.494. The van der Waals surface area contributed by atoms with Crippen LogP contribution in [0.5, 0.6) is 11.8 Å². The van der Waals surface area contributed by atoms with Crippen molar-refractivity contribution < 1.29 is 9.13 Å². The third kappa shape index (κ3) is 2.42. The number of aromatic amines is 1. The highest BCUT2D eigenvalue weighted by Gasteiger charge is 2.13. The number of halogens is 3. The molecule has 0 atom stereocenters. The van der Waals surface area contributed by atoms with Gasteiger partial charge in [0.15, 0.2) is 11.6 Å². The summed E-state index contributed by atoms with van der Waals surface area (Å²) < 4.78 is 19.6. The van der Waals surface area contributed by atoms with Crippen LogP contribution in [0.1, 0.15) is 5.69 Å². The van der Waals surface area contributed by atoms with E-state index in [-0.39, 0.29) is 22.1 Å². The van der Waals surface area contributed by atoms with Gasteiger partial charge in [0.2, 0.25) is 0 Å². The Morgan fingerprint density at radius 1 is 1.15 bits per heavy atom. The van der Waals surface area contributed by atoms with E-state index in [9.17, 15) is 4.39 Å². The first-order valence-corrected chi connectivity index (χ1v) is 6.44. The lowest BCUT2D eigenvalue weighted by Gasteiger charge is -2.06. The van der Waals surface area contributed by atoms with Crippen LogP contribution in [0.15, 0.2) is 24.3 Å². The Balaban J connectivity index is 2.04. The van der Waals surface area contributed by atoms with Crippen molar-refractivity contribution >= 4 is 34.1 Å². The molecule has 0 saturated carbocycles. The predicted molar refractivity (Wildman–Crippen MR) is 75.1 cm³/mol. The highest BCUT2D eigenvalue weighted by Crippen LogP contribution is 2.30. The summed E-state index contributed by atoms with van der Waals surface area (Å²) in [6.45, 7) is 1.85. The number of fused-ring (bicyclic) bond motifs is 1. The van der Waals surface area contributed by atoms with Crippen molar-refractivity contribution in [2.75, 3.05) is 0 Å². The molecular weight excluding hydrogens is 304 g/mol. The topological polar surface area (TPSA) is 50.8 Å². The standard InChI is InChI=1S/C13H8Cl2FN3O/c1-6-4-7-8(17-6)2-3-9(12(7)16)20-13-18-10(14)5-11(15)19-13/h2-5,17H,1H3. The number of hydrogen-bond donors (Lipinski definition) is 1. The number of hydrogen-bond acceptors (Lipinski definition) is 3. The van der Waals surface area contributed by atoms with Crippen molar-refractivity contribution in [2.24, 2.45) is 0 Å². The van der Waals surface area contributed by atoms with Gasteiger partial charge in [-0.1, -0.05) is 23.2 Å². The van der Waals surface area contributed by atoms with Crippen LogP contribution < -0.4 is 4.74 Å². The van der Waals surface area contributed by atoms with E-state index in [4.69, 9.17) is 27.9 Å². The molecule has 2 heterocycles. The highest BCUT2D eigenvalue weighted by molar-refractivity contribution is 6.33. The fourth-order valence-corrected chi connectivity index (χ4v) is 2.29. The molecule has 4 nitrogen and oxygen atoms in total. The second-order valence-electron chi connectivity index (χ2n) is 4.19. The van der Waals surface area contributed by atoms with E-state index in [1.807, 2.05) is 6.92 Å². The van der Waals surface area contributed by atoms with E-state index in [2.05, 4.69) is 15.0 Å². The maximum atomic E-state index is 14.3. The molecule has 7 heteroatoms. The minimum Gasteiger partial charge on any atom is -0.421 e. The smallest absolute Gasteiger partial charge is 0.324 e. The average molecular weight is 312 g/mol. The number of rotatable bonds is 2. The Morgan fingerprint density at radius 3 is 2.55 bits per heavy atom. The lowest BCUT2D eigenvalue weighted by atomic mass is 10.2. The van der Waals surface area contributed by atoms with Crippen LogP contribution in [0.4, 0.5) is 4.39 Å². The molecule has 1 aromatic carbocycles. The first-order chi connectivity index (χ1) is 9.52. The number of benzene rings is 1. The van der Waals surface area contributed by atoms with Crippen LogP contribution in [-0.4, -0.2) is 15.0 Å². The van der Waals surface area contributed by atoms with Crippen molar-refractivity contribution in [1.82, 2.24) is 15.0 Å². The molecule has 0 aliphatic carbocycles. The van der Waals surface area contributed by atoms with Gasteiger partial charge in [0.05, 0.1) is 0 Å². The first-order valence-electron chi connectivity index (χ1n) is 5.69. The summed E-state index contributed by atoms with van der Waals surface area (Å²) in [5, 5.41) is 0.686. The van der Waals surface area contributed by atoms with Gasteiger partial charge in [-0.3, -0.25) is 0 Å². The fourth-order valence-electron chi connectivity index (χ4n) is 1.88. The van der Waals surface area contributed by atoms with Crippen molar-refractivity contribution in [3.63, 3.8) is 0 Å². The average Bonchev–Trinajstić information content (AvgIpc) is 2.73. The summed E-state index contributed by atoms with van der Waals surface area (Å²) in [7, 11) is 0. The summed E-state index contributed by atoms with van der Waals surface area (Å²) in [6, 6.07) is 6.17. The minimum absolute atomic E-state index is 0.00910. The van der Waals surface area contributed by atoms with Crippen molar-refractivity contribution in [3.8, 4) is 11.8 Å². The van der Waals surface area contributed by atoms with Gasteiger partial charge < -0.3 is 9.72 Å². The maximum absolute atomic E-state index is 14.3. The molecule has 0 saturated heterocycles. The van der Waals surface area contributed by atoms with E-state index in [0.29, 0.717) is 10.9 Å². The van der Waals surface area contributed by atoms with Gasteiger partial charge in [0, 0.05) is 22.7 Å². The van der Waals surface area contributed by atoms with Gasteiger partial charge >= 0.3 is 6.01 Å². The summed E-state index contributed by atoms with van der Waals surface area (Å²) >= 11 is 11.5. The molecule has 20 heavy (non-hydrogen) atoms.